The van der Waals surface area contributed by atoms with Crippen LogP contribution >= 0.6 is 23.2 Å². The largest absolute Gasteiger partial charge is 0.296 e. The van der Waals surface area contributed by atoms with Crippen LogP contribution in [0.15, 0.2) is 11.6 Å². The number of alkyl halides is 1. The van der Waals surface area contributed by atoms with Gasteiger partial charge in [-0.25, -0.2) is 0 Å². The Kier molecular flexibility index (Phi) is 5.15. The Morgan fingerprint density at radius 1 is 1.45 bits per heavy atom. The van der Waals surface area contributed by atoms with E-state index in [9.17, 15) is 0 Å². The quantitative estimate of drug-likeness (QED) is 0.625. The summed E-state index contributed by atoms with van der Waals surface area (Å²) in [5.41, 5.74) is 1.57. The molecule has 1 nitrogen and oxygen atoms in total. The molecule has 11 heavy (non-hydrogen) atoms. The van der Waals surface area contributed by atoms with Gasteiger partial charge in [0.1, 0.15) is 0 Å². The molecular weight excluding hydrogens is 181 g/mol. The minimum atomic E-state index is 0.0396. The molecule has 0 atom stereocenters. The van der Waals surface area contributed by atoms with Crippen molar-refractivity contribution in [3.63, 3.8) is 0 Å². The molecule has 0 aliphatic rings. The summed E-state index contributed by atoms with van der Waals surface area (Å²) in [6.45, 7) is 5.04. The SMILES string of the molecule is CN(C/C=C/Cl)C(C)(C)CCl. The third-order valence-electron chi connectivity index (χ3n) is 1.83. The molecule has 0 rings (SSSR count). The van der Waals surface area contributed by atoms with Crippen molar-refractivity contribution in [3.8, 4) is 0 Å². The molecule has 0 saturated heterocycles. The third-order valence-corrected chi connectivity index (χ3v) is 2.66. The smallest absolute Gasteiger partial charge is 0.0402 e. The number of likely N-dealkylation sites (N-methyl/N-ethyl adjacent to an activating group) is 1. The van der Waals surface area contributed by atoms with Crippen molar-refractivity contribution in [1.82, 2.24) is 4.90 Å². The van der Waals surface area contributed by atoms with Crippen LogP contribution in [0.2, 0.25) is 0 Å². The molecule has 0 radical (unpaired) electrons. The summed E-state index contributed by atoms with van der Waals surface area (Å²) in [5, 5.41) is 0. The lowest BCUT2D eigenvalue weighted by molar-refractivity contribution is 0.199. The highest BCUT2D eigenvalue weighted by atomic mass is 35.5. The second-order valence-electron chi connectivity index (χ2n) is 3.19. The molecule has 0 aliphatic carbocycles. The third kappa shape index (κ3) is 4.00. The van der Waals surface area contributed by atoms with E-state index >= 15 is 0 Å². The summed E-state index contributed by atoms with van der Waals surface area (Å²) >= 11 is 11.2. The van der Waals surface area contributed by atoms with E-state index in [0.29, 0.717) is 5.88 Å². The Bertz CT molecular complexity index is 132. The highest BCUT2D eigenvalue weighted by Crippen LogP contribution is 2.13. The van der Waals surface area contributed by atoms with E-state index in [0.717, 1.165) is 6.54 Å². The van der Waals surface area contributed by atoms with Gasteiger partial charge in [0.2, 0.25) is 0 Å². The molecule has 66 valence electrons. The average Bonchev–Trinajstić information content (AvgIpc) is 2.00. The van der Waals surface area contributed by atoms with Gasteiger partial charge >= 0.3 is 0 Å². The zero-order valence-electron chi connectivity index (χ0n) is 7.27. The van der Waals surface area contributed by atoms with Gasteiger partial charge < -0.3 is 0 Å². The predicted octanol–water partition coefficient (Wildman–Crippen LogP) is 2.69. The van der Waals surface area contributed by atoms with E-state index in [4.69, 9.17) is 23.2 Å². The van der Waals surface area contributed by atoms with Crippen molar-refractivity contribution in [2.75, 3.05) is 19.5 Å². The monoisotopic (exact) mass is 195 g/mol. The van der Waals surface area contributed by atoms with E-state index in [2.05, 4.69) is 18.7 Å². The van der Waals surface area contributed by atoms with Gasteiger partial charge in [0.05, 0.1) is 0 Å². The first-order valence-electron chi connectivity index (χ1n) is 3.57. The zero-order valence-corrected chi connectivity index (χ0v) is 8.78. The molecular formula is C8H15Cl2N. The Morgan fingerprint density at radius 2 is 2.00 bits per heavy atom. The molecule has 3 heteroatoms. The summed E-state index contributed by atoms with van der Waals surface area (Å²) in [5.74, 6) is 0.625. The molecule has 0 aliphatic heterocycles. The molecule has 0 unspecified atom stereocenters. The van der Waals surface area contributed by atoms with Crippen LogP contribution in [-0.4, -0.2) is 29.9 Å². The Balaban J connectivity index is 3.90. The Morgan fingerprint density at radius 3 is 2.36 bits per heavy atom. The van der Waals surface area contributed by atoms with Crippen LogP contribution in [0.25, 0.3) is 0 Å². The van der Waals surface area contributed by atoms with Gasteiger partial charge in [-0.3, -0.25) is 4.90 Å². The maximum absolute atomic E-state index is 5.77. The summed E-state index contributed by atoms with van der Waals surface area (Å²) in [7, 11) is 2.03. The molecule has 0 aromatic carbocycles. The molecule has 0 fully saturated rings. The van der Waals surface area contributed by atoms with Gasteiger partial charge in [0.15, 0.2) is 0 Å². The summed E-state index contributed by atoms with van der Waals surface area (Å²) in [6.07, 6.45) is 1.90. The topological polar surface area (TPSA) is 3.24 Å². The molecule has 0 bridgehead atoms. The highest BCUT2D eigenvalue weighted by Gasteiger charge is 2.20. The normalized spacial score (nSPS) is 13.3. The van der Waals surface area contributed by atoms with E-state index in [1.165, 1.54) is 5.54 Å². The van der Waals surface area contributed by atoms with Crippen molar-refractivity contribution < 1.29 is 0 Å². The van der Waals surface area contributed by atoms with Crippen LogP contribution in [0, 0.1) is 0 Å². The Hall–Kier alpha value is 0.280. The average molecular weight is 196 g/mol. The number of nitrogens with zero attached hydrogens (tertiary/aromatic N) is 1. The van der Waals surface area contributed by atoms with E-state index in [1.54, 1.807) is 0 Å². The standard InChI is InChI=1S/C8H15Cl2N/c1-8(2,7-10)11(3)6-4-5-9/h4-5H,6-7H2,1-3H3/b5-4+. The lowest BCUT2D eigenvalue weighted by Gasteiger charge is -2.32. The second-order valence-corrected chi connectivity index (χ2v) is 3.71. The molecule has 0 N–H and O–H groups in total. The number of rotatable bonds is 4. The van der Waals surface area contributed by atoms with Gasteiger partial charge in [0, 0.05) is 23.5 Å². The first-order valence-corrected chi connectivity index (χ1v) is 4.54. The van der Waals surface area contributed by atoms with Crippen LogP contribution in [0.1, 0.15) is 13.8 Å². The van der Waals surface area contributed by atoms with Crippen LogP contribution in [0.3, 0.4) is 0 Å². The number of hydrogen-bond donors (Lipinski definition) is 0. The maximum Gasteiger partial charge on any atom is 0.0402 e. The second kappa shape index (κ2) is 5.02. The molecule has 0 aromatic heterocycles. The fourth-order valence-electron chi connectivity index (χ4n) is 0.547. The highest BCUT2D eigenvalue weighted by molar-refractivity contribution is 6.25. The lowest BCUT2D eigenvalue weighted by atomic mass is 10.1. The predicted molar refractivity (Wildman–Crippen MR) is 52.4 cm³/mol. The van der Waals surface area contributed by atoms with E-state index < -0.39 is 0 Å². The van der Waals surface area contributed by atoms with Gasteiger partial charge in [-0.1, -0.05) is 17.7 Å². The van der Waals surface area contributed by atoms with Crippen LogP contribution in [0.4, 0.5) is 0 Å². The summed E-state index contributed by atoms with van der Waals surface area (Å²) in [4.78, 5) is 2.15. The van der Waals surface area contributed by atoms with Gasteiger partial charge in [-0.2, -0.15) is 0 Å². The Labute approximate surface area is 79.0 Å². The first-order chi connectivity index (χ1) is 5.04. The molecule has 0 amide bonds. The van der Waals surface area contributed by atoms with Gasteiger partial charge in [-0.05, 0) is 20.9 Å². The molecule has 0 spiro atoms. The van der Waals surface area contributed by atoms with Crippen LogP contribution < -0.4 is 0 Å². The van der Waals surface area contributed by atoms with Gasteiger partial charge in [-0.15, -0.1) is 11.6 Å². The first kappa shape index (κ1) is 11.3. The van der Waals surface area contributed by atoms with E-state index in [1.807, 2.05) is 13.1 Å². The molecule has 0 saturated carbocycles. The lowest BCUT2D eigenvalue weighted by Crippen LogP contribution is -2.42. The van der Waals surface area contributed by atoms with Crippen LogP contribution in [-0.2, 0) is 0 Å². The van der Waals surface area contributed by atoms with Crippen LogP contribution in [0.5, 0.6) is 0 Å². The van der Waals surface area contributed by atoms with Crippen molar-refractivity contribution in [2.24, 2.45) is 0 Å². The maximum atomic E-state index is 5.77. The van der Waals surface area contributed by atoms with Crippen molar-refractivity contribution >= 4 is 23.2 Å². The number of hydrogen-bond acceptors (Lipinski definition) is 1. The number of halogens is 2. The van der Waals surface area contributed by atoms with E-state index in [-0.39, 0.29) is 5.54 Å². The minimum absolute atomic E-state index is 0.0396. The molecule has 0 aromatic rings. The fraction of sp³-hybridized carbons (Fsp3) is 0.750. The molecule has 0 heterocycles. The zero-order chi connectivity index (χ0) is 8.91. The summed E-state index contributed by atoms with van der Waals surface area (Å²) < 4.78 is 0. The van der Waals surface area contributed by atoms with Gasteiger partial charge in [0.25, 0.3) is 0 Å². The van der Waals surface area contributed by atoms with Crippen molar-refractivity contribution in [3.05, 3.63) is 11.6 Å². The summed E-state index contributed by atoms with van der Waals surface area (Å²) in [6, 6.07) is 0. The fourth-order valence-corrected chi connectivity index (χ4v) is 0.831. The van der Waals surface area contributed by atoms with Crippen molar-refractivity contribution in [1.29, 1.82) is 0 Å². The van der Waals surface area contributed by atoms with Crippen molar-refractivity contribution in [2.45, 2.75) is 19.4 Å². The minimum Gasteiger partial charge on any atom is -0.296 e.